The molecule has 0 aliphatic carbocycles. The zero-order chi connectivity index (χ0) is 18.1. The SMILES string of the molecule is CN=C(NCCc1ccccc1F)NCC1CN(CC(C)C)CCO1.I. The molecule has 0 bridgehead atoms. The third kappa shape index (κ3) is 8.18. The highest BCUT2D eigenvalue weighted by atomic mass is 127. The molecule has 1 unspecified atom stereocenters. The van der Waals surface area contributed by atoms with Crippen molar-refractivity contribution in [3.8, 4) is 0 Å². The van der Waals surface area contributed by atoms with Crippen LogP contribution in [-0.4, -0.2) is 63.3 Å². The Balaban J connectivity index is 0.00000338. The third-order valence-electron chi connectivity index (χ3n) is 4.21. The van der Waals surface area contributed by atoms with Gasteiger partial charge in [0.05, 0.1) is 12.7 Å². The smallest absolute Gasteiger partial charge is 0.191 e. The van der Waals surface area contributed by atoms with Crippen molar-refractivity contribution >= 4 is 29.9 Å². The van der Waals surface area contributed by atoms with Crippen LogP contribution >= 0.6 is 24.0 Å². The summed E-state index contributed by atoms with van der Waals surface area (Å²) >= 11 is 0. The summed E-state index contributed by atoms with van der Waals surface area (Å²) in [5, 5.41) is 6.54. The molecule has 0 radical (unpaired) electrons. The summed E-state index contributed by atoms with van der Waals surface area (Å²) in [5.74, 6) is 1.23. The van der Waals surface area contributed by atoms with E-state index >= 15 is 0 Å². The van der Waals surface area contributed by atoms with E-state index in [0.717, 1.165) is 32.2 Å². The minimum absolute atomic E-state index is 0. The van der Waals surface area contributed by atoms with Crippen molar-refractivity contribution in [2.75, 3.05) is 46.4 Å². The van der Waals surface area contributed by atoms with Gasteiger partial charge in [0, 0.05) is 39.8 Å². The molecule has 0 aromatic heterocycles. The average molecular weight is 478 g/mol. The van der Waals surface area contributed by atoms with E-state index in [1.165, 1.54) is 6.07 Å². The van der Waals surface area contributed by atoms with Gasteiger partial charge in [0.25, 0.3) is 0 Å². The third-order valence-corrected chi connectivity index (χ3v) is 4.21. The Morgan fingerprint density at radius 3 is 2.81 bits per heavy atom. The summed E-state index contributed by atoms with van der Waals surface area (Å²) in [6, 6.07) is 6.87. The summed E-state index contributed by atoms with van der Waals surface area (Å²) in [6.07, 6.45) is 0.785. The van der Waals surface area contributed by atoms with Gasteiger partial charge in [-0.25, -0.2) is 4.39 Å². The van der Waals surface area contributed by atoms with Crippen molar-refractivity contribution in [2.45, 2.75) is 26.4 Å². The van der Waals surface area contributed by atoms with Crippen LogP contribution in [0, 0.1) is 11.7 Å². The Morgan fingerprint density at radius 1 is 1.35 bits per heavy atom. The number of rotatable bonds is 7. The molecule has 0 amide bonds. The normalized spacial score (nSPS) is 18.5. The maximum absolute atomic E-state index is 13.6. The van der Waals surface area contributed by atoms with Gasteiger partial charge in [-0.2, -0.15) is 0 Å². The molecule has 1 atom stereocenters. The van der Waals surface area contributed by atoms with Crippen LogP contribution in [-0.2, 0) is 11.2 Å². The lowest BCUT2D eigenvalue weighted by molar-refractivity contribution is -0.0284. The number of nitrogens with zero attached hydrogens (tertiary/aromatic N) is 2. The van der Waals surface area contributed by atoms with Crippen molar-refractivity contribution in [1.82, 2.24) is 15.5 Å². The number of ether oxygens (including phenoxy) is 1. The molecule has 1 aromatic carbocycles. The minimum Gasteiger partial charge on any atom is -0.374 e. The Hall–Kier alpha value is -0.930. The first-order chi connectivity index (χ1) is 12.1. The van der Waals surface area contributed by atoms with Crippen molar-refractivity contribution in [3.05, 3.63) is 35.6 Å². The molecule has 1 aromatic rings. The lowest BCUT2D eigenvalue weighted by atomic mass is 10.1. The van der Waals surface area contributed by atoms with Crippen molar-refractivity contribution in [3.63, 3.8) is 0 Å². The molecular weight excluding hydrogens is 446 g/mol. The molecular formula is C19H32FIN4O. The first-order valence-electron chi connectivity index (χ1n) is 9.10. The summed E-state index contributed by atoms with van der Waals surface area (Å²) in [6.45, 7) is 9.66. The van der Waals surface area contributed by atoms with Gasteiger partial charge in [0.1, 0.15) is 5.82 Å². The zero-order valence-electron chi connectivity index (χ0n) is 16.0. The van der Waals surface area contributed by atoms with E-state index in [-0.39, 0.29) is 35.9 Å². The number of guanidine groups is 1. The van der Waals surface area contributed by atoms with Gasteiger partial charge in [-0.1, -0.05) is 32.0 Å². The van der Waals surface area contributed by atoms with E-state index in [1.54, 1.807) is 13.1 Å². The average Bonchev–Trinajstić information content (AvgIpc) is 2.59. The fourth-order valence-electron chi connectivity index (χ4n) is 3.03. The molecule has 0 spiro atoms. The monoisotopic (exact) mass is 478 g/mol. The second-order valence-corrected chi connectivity index (χ2v) is 6.87. The molecule has 26 heavy (non-hydrogen) atoms. The first-order valence-corrected chi connectivity index (χ1v) is 9.10. The quantitative estimate of drug-likeness (QED) is 0.359. The molecule has 0 saturated carbocycles. The molecule has 1 saturated heterocycles. The van der Waals surface area contributed by atoms with Gasteiger partial charge in [-0.3, -0.25) is 9.89 Å². The van der Waals surface area contributed by atoms with E-state index in [9.17, 15) is 4.39 Å². The summed E-state index contributed by atoms with van der Waals surface area (Å²) < 4.78 is 19.5. The lowest BCUT2D eigenvalue weighted by Gasteiger charge is -2.34. The van der Waals surface area contributed by atoms with E-state index in [0.29, 0.717) is 31.0 Å². The molecule has 1 aliphatic heterocycles. The number of hydrogen-bond donors (Lipinski definition) is 2. The molecule has 1 heterocycles. The largest absolute Gasteiger partial charge is 0.374 e. The molecule has 2 rings (SSSR count). The van der Waals surface area contributed by atoms with Crippen LogP contribution in [0.15, 0.2) is 29.3 Å². The molecule has 7 heteroatoms. The van der Waals surface area contributed by atoms with E-state index in [4.69, 9.17) is 4.74 Å². The lowest BCUT2D eigenvalue weighted by Crippen LogP contribution is -2.50. The second kappa shape index (κ2) is 12.5. The van der Waals surface area contributed by atoms with Crippen LogP contribution in [0.1, 0.15) is 19.4 Å². The number of halogens is 2. The molecule has 2 N–H and O–H groups in total. The number of nitrogens with one attached hydrogen (secondary N) is 2. The summed E-state index contributed by atoms with van der Waals surface area (Å²) in [4.78, 5) is 6.68. The standard InChI is InChI=1S/C19H31FN4O.HI/c1-15(2)13-24-10-11-25-17(14-24)12-23-19(21-3)22-9-8-16-6-4-5-7-18(16)20;/h4-7,15,17H,8-14H2,1-3H3,(H2,21,22,23);1H. The number of hydrogen-bond acceptors (Lipinski definition) is 3. The van der Waals surface area contributed by atoms with Crippen molar-refractivity contribution < 1.29 is 9.13 Å². The van der Waals surface area contributed by atoms with Gasteiger partial charge in [-0.05, 0) is 24.0 Å². The van der Waals surface area contributed by atoms with Gasteiger partial charge in [0.15, 0.2) is 5.96 Å². The Labute approximate surface area is 173 Å². The first kappa shape index (κ1) is 23.1. The van der Waals surface area contributed by atoms with Crippen LogP contribution in [0.4, 0.5) is 4.39 Å². The van der Waals surface area contributed by atoms with Crippen LogP contribution in [0.25, 0.3) is 0 Å². The van der Waals surface area contributed by atoms with Gasteiger partial charge < -0.3 is 15.4 Å². The van der Waals surface area contributed by atoms with Crippen molar-refractivity contribution in [2.24, 2.45) is 10.9 Å². The highest BCUT2D eigenvalue weighted by Crippen LogP contribution is 2.08. The molecule has 5 nitrogen and oxygen atoms in total. The topological polar surface area (TPSA) is 48.9 Å². The highest BCUT2D eigenvalue weighted by Gasteiger charge is 2.21. The predicted octanol–water partition coefficient (Wildman–Crippen LogP) is 2.51. The number of benzene rings is 1. The van der Waals surface area contributed by atoms with Crippen LogP contribution in [0.5, 0.6) is 0 Å². The Bertz CT molecular complexity index is 556. The molecule has 148 valence electrons. The van der Waals surface area contributed by atoms with Crippen LogP contribution in [0.3, 0.4) is 0 Å². The van der Waals surface area contributed by atoms with Gasteiger partial charge in [0.2, 0.25) is 0 Å². The molecule has 1 aliphatic rings. The van der Waals surface area contributed by atoms with Gasteiger partial charge in [-0.15, -0.1) is 24.0 Å². The molecule has 1 fully saturated rings. The minimum atomic E-state index is -0.159. The fourth-order valence-corrected chi connectivity index (χ4v) is 3.03. The van der Waals surface area contributed by atoms with Gasteiger partial charge >= 0.3 is 0 Å². The van der Waals surface area contributed by atoms with Crippen LogP contribution < -0.4 is 10.6 Å². The van der Waals surface area contributed by atoms with Crippen molar-refractivity contribution in [1.29, 1.82) is 0 Å². The maximum atomic E-state index is 13.6. The predicted molar refractivity (Wildman–Crippen MR) is 116 cm³/mol. The van der Waals surface area contributed by atoms with E-state index in [1.807, 2.05) is 12.1 Å². The summed E-state index contributed by atoms with van der Waals surface area (Å²) in [7, 11) is 1.74. The van der Waals surface area contributed by atoms with Crippen LogP contribution in [0.2, 0.25) is 0 Å². The highest BCUT2D eigenvalue weighted by molar-refractivity contribution is 14.0. The van der Waals surface area contributed by atoms with E-state index < -0.39 is 0 Å². The number of aliphatic imine (C=N–C) groups is 1. The Kier molecular flexibility index (Phi) is 11.1. The number of morpholine rings is 1. The summed E-state index contributed by atoms with van der Waals surface area (Å²) in [5.41, 5.74) is 0.713. The zero-order valence-corrected chi connectivity index (χ0v) is 18.3. The Morgan fingerprint density at radius 2 is 2.12 bits per heavy atom. The second-order valence-electron chi connectivity index (χ2n) is 6.87. The fraction of sp³-hybridized carbons (Fsp3) is 0.632. The van der Waals surface area contributed by atoms with E-state index in [2.05, 4.69) is 34.4 Å². The maximum Gasteiger partial charge on any atom is 0.191 e.